The van der Waals surface area contributed by atoms with E-state index in [1.54, 1.807) is 7.11 Å². The minimum absolute atomic E-state index is 0.195. The van der Waals surface area contributed by atoms with E-state index >= 15 is 0 Å². The fourth-order valence-corrected chi connectivity index (χ4v) is 1.50. The summed E-state index contributed by atoms with van der Waals surface area (Å²) in [7, 11) is 2.09. The molecule has 0 aromatic heterocycles. The van der Waals surface area contributed by atoms with Crippen LogP contribution < -0.4 is 9.16 Å². The number of methoxy groups -OCH3 is 1. The van der Waals surface area contributed by atoms with Crippen molar-refractivity contribution in [2.45, 2.75) is 25.8 Å². The molecule has 0 fully saturated rings. The molecule has 1 rings (SSSR count). The van der Waals surface area contributed by atoms with Crippen molar-refractivity contribution in [3.63, 3.8) is 0 Å². The molecule has 0 bridgehead atoms. The molecule has 2 radical (unpaired) electrons. The highest BCUT2D eigenvalue weighted by Gasteiger charge is 2.16. The van der Waals surface area contributed by atoms with Crippen molar-refractivity contribution in [2.75, 3.05) is 7.11 Å². The van der Waals surface area contributed by atoms with Crippen molar-refractivity contribution in [3.05, 3.63) is 24.3 Å². The first-order valence-electron chi connectivity index (χ1n) is 4.60. The minimum atomic E-state index is 0.195. The summed E-state index contributed by atoms with van der Waals surface area (Å²) in [5, 5.41) is 0.195. The number of hydrogen-bond acceptors (Lipinski definition) is 2. The summed E-state index contributed by atoms with van der Waals surface area (Å²) < 4.78 is 10.9. The van der Waals surface area contributed by atoms with E-state index in [9.17, 15) is 0 Å². The second kappa shape index (κ2) is 4.51. The molecule has 0 saturated heterocycles. The zero-order chi connectivity index (χ0) is 10.6. The summed E-state index contributed by atoms with van der Waals surface area (Å²) in [6.07, 6.45) is 0. The van der Waals surface area contributed by atoms with Crippen molar-refractivity contribution < 1.29 is 9.16 Å². The Labute approximate surface area is 88.2 Å². The van der Waals surface area contributed by atoms with Gasteiger partial charge in [0.2, 0.25) is 0 Å². The van der Waals surface area contributed by atoms with E-state index in [0.717, 1.165) is 11.5 Å². The number of rotatable bonds is 3. The molecule has 0 saturated carbocycles. The number of para-hydroxylation sites is 2. The smallest absolute Gasteiger partial charge is 0.316 e. The summed E-state index contributed by atoms with van der Waals surface area (Å²) in [4.78, 5) is 0. The summed E-state index contributed by atoms with van der Waals surface area (Å²) in [5.41, 5.74) is 0. The molecule has 3 heteroatoms. The SMILES string of the molecule is COc1ccccc1O[Si]C(C)(C)C. The summed E-state index contributed by atoms with van der Waals surface area (Å²) in [5.74, 6) is 1.62. The molecule has 0 aliphatic carbocycles. The fourth-order valence-electron chi connectivity index (χ4n) is 0.911. The van der Waals surface area contributed by atoms with E-state index < -0.39 is 0 Å². The Hall–Kier alpha value is -0.963. The number of benzene rings is 1. The Morgan fingerprint density at radius 3 is 2.14 bits per heavy atom. The van der Waals surface area contributed by atoms with Gasteiger partial charge in [-0.25, -0.2) is 0 Å². The average molecular weight is 208 g/mol. The van der Waals surface area contributed by atoms with E-state index in [-0.39, 0.29) is 5.04 Å². The van der Waals surface area contributed by atoms with Gasteiger partial charge in [-0.05, 0) is 17.2 Å². The highest BCUT2D eigenvalue weighted by molar-refractivity contribution is 6.32. The average Bonchev–Trinajstić information content (AvgIpc) is 2.14. The van der Waals surface area contributed by atoms with Crippen LogP contribution in [0.15, 0.2) is 24.3 Å². The van der Waals surface area contributed by atoms with Crippen LogP contribution in [0, 0.1) is 0 Å². The molecule has 0 spiro atoms. The zero-order valence-corrected chi connectivity index (χ0v) is 10.1. The van der Waals surface area contributed by atoms with Crippen LogP contribution >= 0.6 is 0 Å². The lowest BCUT2D eigenvalue weighted by Crippen LogP contribution is -2.15. The third-order valence-electron chi connectivity index (χ3n) is 1.54. The molecule has 0 aliphatic rings. The van der Waals surface area contributed by atoms with Crippen LogP contribution in [0.1, 0.15) is 20.8 Å². The number of hydrogen-bond donors (Lipinski definition) is 0. The van der Waals surface area contributed by atoms with Gasteiger partial charge >= 0.3 is 9.76 Å². The highest BCUT2D eigenvalue weighted by atomic mass is 28.2. The first kappa shape index (κ1) is 11.1. The van der Waals surface area contributed by atoms with Crippen LogP contribution in [0.5, 0.6) is 11.5 Å². The maximum absolute atomic E-state index is 5.70. The lowest BCUT2D eigenvalue weighted by atomic mass is 10.3. The summed E-state index contributed by atoms with van der Waals surface area (Å²) >= 11 is 0. The van der Waals surface area contributed by atoms with Crippen LogP contribution in [0.2, 0.25) is 5.04 Å². The third-order valence-corrected chi connectivity index (χ3v) is 2.47. The van der Waals surface area contributed by atoms with E-state index in [1.165, 1.54) is 0 Å². The molecule has 0 heterocycles. The van der Waals surface area contributed by atoms with Gasteiger partial charge in [-0.2, -0.15) is 0 Å². The van der Waals surface area contributed by atoms with Gasteiger partial charge < -0.3 is 9.16 Å². The zero-order valence-electron chi connectivity index (χ0n) is 9.13. The first-order valence-corrected chi connectivity index (χ1v) is 5.51. The molecule has 1 aromatic rings. The van der Waals surface area contributed by atoms with Crippen molar-refractivity contribution in [1.29, 1.82) is 0 Å². The normalized spacial score (nSPS) is 11.1. The van der Waals surface area contributed by atoms with Gasteiger partial charge in [0, 0.05) is 0 Å². The van der Waals surface area contributed by atoms with Gasteiger partial charge in [-0.3, -0.25) is 0 Å². The van der Waals surface area contributed by atoms with E-state index in [2.05, 4.69) is 20.8 Å². The van der Waals surface area contributed by atoms with Crippen molar-refractivity contribution >= 4 is 9.76 Å². The fraction of sp³-hybridized carbons (Fsp3) is 0.455. The molecule has 76 valence electrons. The molecule has 0 aliphatic heterocycles. The standard InChI is InChI=1S/C11H16O2Si/c1-11(2,3)14-13-10-8-6-5-7-9(10)12-4/h5-8H,1-4H3. The predicted molar refractivity (Wildman–Crippen MR) is 59.1 cm³/mol. The second-order valence-corrected chi connectivity index (χ2v) is 6.01. The van der Waals surface area contributed by atoms with Crippen LogP contribution in [0.3, 0.4) is 0 Å². The molecule has 0 unspecified atom stereocenters. The van der Waals surface area contributed by atoms with E-state index in [4.69, 9.17) is 9.16 Å². The maximum Gasteiger partial charge on any atom is 0.316 e. The van der Waals surface area contributed by atoms with Crippen LogP contribution in [0.25, 0.3) is 0 Å². The summed E-state index contributed by atoms with van der Waals surface area (Å²) in [6, 6.07) is 7.72. The Balaban J connectivity index is 2.67. The van der Waals surface area contributed by atoms with Gasteiger partial charge in [0.15, 0.2) is 5.75 Å². The lowest BCUT2D eigenvalue weighted by Gasteiger charge is -2.17. The highest BCUT2D eigenvalue weighted by Crippen LogP contribution is 2.28. The maximum atomic E-state index is 5.70. The van der Waals surface area contributed by atoms with E-state index in [0.29, 0.717) is 9.76 Å². The van der Waals surface area contributed by atoms with E-state index in [1.807, 2.05) is 24.3 Å². The van der Waals surface area contributed by atoms with Gasteiger partial charge in [0.25, 0.3) is 0 Å². The number of ether oxygens (including phenoxy) is 1. The van der Waals surface area contributed by atoms with Crippen molar-refractivity contribution in [2.24, 2.45) is 0 Å². The molecule has 1 aromatic carbocycles. The first-order chi connectivity index (χ1) is 6.53. The van der Waals surface area contributed by atoms with Crippen LogP contribution in [-0.2, 0) is 0 Å². The Bertz CT molecular complexity index is 292. The minimum Gasteiger partial charge on any atom is -0.538 e. The molecule has 0 N–H and O–H groups in total. The lowest BCUT2D eigenvalue weighted by molar-refractivity contribution is 0.393. The Morgan fingerprint density at radius 2 is 1.64 bits per heavy atom. The van der Waals surface area contributed by atoms with Crippen molar-refractivity contribution in [1.82, 2.24) is 0 Å². The second-order valence-electron chi connectivity index (χ2n) is 4.10. The van der Waals surface area contributed by atoms with Gasteiger partial charge in [0.1, 0.15) is 5.75 Å². The Morgan fingerprint density at radius 1 is 1.07 bits per heavy atom. The quantitative estimate of drug-likeness (QED) is 0.711. The molecular formula is C11H16O2Si. The molecule has 2 nitrogen and oxygen atoms in total. The predicted octanol–water partition coefficient (Wildman–Crippen LogP) is 2.91. The molecule has 14 heavy (non-hydrogen) atoms. The molecule has 0 amide bonds. The van der Waals surface area contributed by atoms with Crippen molar-refractivity contribution in [3.8, 4) is 11.5 Å². The topological polar surface area (TPSA) is 18.5 Å². The monoisotopic (exact) mass is 208 g/mol. The molecular weight excluding hydrogens is 192 g/mol. The van der Waals surface area contributed by atoms with Gasteiger partial charge in [-0.15, -0.1) is 0 Å². The van der Waals surface area contributed by atoms with Gasteiger partial charge in [-0.1, -0.05) is 32.9 Å². The summed E-state index contributed by atoms with van der Waals surface area (Å²) in [6.45, 7) is 6.46. The largest absolute Gasteiger partial charge is 0.538 e. The van der Waals surface area contributed by atoms with Crippen LogP contribution in [0.4, 0.5) is 0 Å². The third kappa shape index (κ3) is 3.42. The molecule has 0 atom stereocenters. The van der Waals surface area contributed by atoms with Crippen LogP contribution in [-0.4, -0.2) is 16.9 Å². The Kier molecular flexibility index (Phi) is 3.58. The van der Waals surface area contributed by atoms with Gasteiger partial charge in [0.05, 0.1) is 7.11 Å².